The van der Waals surface area contributed by atoms with Crippen molar-refractivity contribution in [3.63, 3.8) is 0 Å². The van der Waals surface area contributed by atoms with Crippen molar-refractivity contribution in [2.45, 2.75) is 0 Å². The molecule has 0 aliphatic rings. The molecule has 0 fully saturated rings. The maximum Gasteiger partial charge on any atom is 0.106 e. The number of thiocarbonyl (C=S) groups is 1. The van der Waals surface area contributed by atoms with Gasteiger partial charge in [-0.1, -0.05) is 35.4 Å². The smallest absolute Gasteiger partial charge is 0.106 e. The van der Waals surface area contributed by atoms with Crippen molar-refractivity contribution in [1.29, 1.82) is 0 Å². The molecule has 2 rings (SSSR count). The number of hydrogen-bond donors (Lipinski definition) is 2. The van der Waals surface area contributed by atoms with Crippen molar-refractivity contribution >= 4 is 67.7 Å². The van der Waals surface area contributed by atoms with Gasteiger partial charge in [-0.15, -0.1) is 0 Å². The minimum Gasteiger partial charge on any atom is -0.389 e. The molecular formula is C13H9BrCl2N2S. The molecule has 19 heavy (non-hydrogen) atoms. The first-order valence-electron chi connectivity index (χ1n) is 5.29. The second kappa shape index (κ2) is 6.09. The first kappa shape index (κ1) is 14.6. The highest BCUT2D eigenvalue weighted by Crippen LogP contribution is 2.29. The summed E-state index contributed by atoms with van der Waals surface area (Å²) < 4.78 is 0.834. The molecule has 0 atom stereocenters. The van der Waals surface area contributed by atoms with E-state index in [1.807, 2.05) is 12.1 Å². The fourth-order valence-corrected chi connectivity index (χ4v) is 2.34. The van der Waals surface area contributed by atoms with Gasteiger partial charge in [0, 0.05) is 20.7 Å². The lowest BCUT2D eigenvalue weighted by atomic mass is 10.1. The molecular weight excluding hydrogens is 367 g/mol. The average Bonchev–Trinajstić information content (AvgIpc) is 2.33. The van der Waals surface area contributed by atoms with Gasteiger partial charge in [0.2, 0.25) is 0 Å². The van der Waals surface area contributed by atoms with E-state index >= 15 is 0 Å². The summed E-state index contributed by atoms with van der Waals surface area (Å²) in [4.78, 5) is 0.308. The molecule has 0 radical (unpaired) electrons. The van der Waals surface area contributed by atoms with E-state index in [-0.39, 0.29) is 0 Å². The number of anilines is 2. The van der Waals surface area contributed by atoms with E-state index in [9.17, 15) is 0 Å². The maximum absolute atomic E-state index is 6.05. The SMILES string of the molecule is NC(=S)c1ccc(Cl)cc1Nc1ccc(Br)c(Cl)c1. The first-order valence-corrected chi connectivity index (χ1v) is 7.24. The highest BCUT2D eigenvalue weighted by molar-refractivity contribution is 9.10. The molecule has 3 N–H and O–H groups in total. The monoisotopic (exact) mass is 374 g/mol. The van der Waals surface area contributed by atoms with Crippen molar-refractivity contribution in [2.75, 3.05) is 5.32 Å². The van der Waals surface area contributed by atoms with Gasteiger partial charge in [-0.3, -0.25) is 0 Å². The highest BCUT2D eigenvalue weighted by atomic mass is 79.9. The van der Waals surface area contributed by atoms with Crippen molar-refractivity contribution in [1.82, 2.24) is 0 Å². The molecule has 2 aromatic rings. The molecule has 2 aromatic carbocycles. The van der Waals surface area contributed by atoms with Crippen LogP contribution in [-0.4, -0.2) is 4.99 Å². The number of nitrogens with one attached hydrogen (secondary N) is 1. The standard InChI is InChI=1S/C13H9BrCl2N2S/c14-10-4-2-8(6-11(10)16)18-12-5-7(15)1-3-9(12)13(17)19/h1-6,18H,(H2,17,19). The zero-order valence-corrected chi connectivity index (χ0v) is 13.5. The van der Waals surface area contributed by atoms with E-state index in [4.69, 9.17) is 41.2 Å². The number of halogens is 3. The van der Waals surface area contributed by atoms with Crippen LogP contribution in [0.5, 0.6) is 0 Å². The first-order chi connectivity index (χ1) is 8.97. The van der Waals surface area contributed by atoms with Crippen LogP contribution in [0.15, 0.2) is 40.9 Å². The van der Waals surface area contributed by atoms with Gasteiger partial charge in [-0.2, -0.15) is 0 Å². The Balaban J connectivity index is 2.39. The van der Waals surface area contributed by atoms with Crippen LogP contribution in [0, 0.1) is 0 Å². The minimum absolute atomic E-state index is 0.308. The summed E-state index contributed by atoms with van der Waals surface area (Å²) in [6.45, 7) is 0. The predicted octanol–water partition coefficient (Wildman–Crippen LogP) is 5.13. The maximum atomic E-state index is 6.05. The van der Waals surface area contributed by atoms with Gasteiger partial charge >= 0.3 is 0 Å². The topological polar surface area (TPSA) is 38.0 Å². The lowest BCUT2D eigenvalue weighted by Crippen LogP contribution is -2.11. The average molecular weight is 376 g/mol. The molecule has 0 heterocycles. The Morgan fingerprint density at radius 2 is 1.89 bits per heavy atom. The van der Waals surface area contributed by atoms with E-state index in [1.165, 1.54) is 0 Å². The van der Waals surface area contributed by atoms with E-state index in [2.05, 4.69) is 21.2 Å². The summed E-state index contributed by atoms with van der Waals surface area (Å²) in [5.41, 5.74) is 8.00. The van der Waals surface area contributed by atoms with Crippen LogP contribution in [-0.2, 0) is 0 Å². The van der Waals surface area contributed by atoms with E-state index in [0.29, 0.717) is 15.0 Å². The fraction of sp³-hybridized carbons (Fsp3) is 0. The Morgan fingerprint density at radius 3 is 2.53 bits per heavy atom. The van der Waals surface area contributed by atoms with Crippen molar-refractivity contribution in [3.05, 3.63) is 56.5 Å². The summed E-state index contributed by atoms with van der Waals surface area (Å²) >= 11 is 20.4. The summed E-state index contributed by atoms with van der Waals surface area (Å²) in [6, 6.07) is 10.8. The van der Waals surface area contributed by atoms with Crippen LogP contribution in [0.1, 0.15) is 5.56 Å². The number of nitrogens with two attached hydrogens (primary N) is 1. The second-order valence-electron chi connectivity index (χ2n) is 3.81. The van der Waals surface area contributed by atoms with Gasteiger partial charge in [-0.05, 0) is 52.3 Å². The molecule has 0 saturated carbocycles. The van der Waals surface area contributed by atoms with E-state index in [0.717, 1.165) is 21.4 Å². The molecule has 98 valence electrons. The van der Waals surface area contributed by atoms with Crippen molar-refractivity contribution < 1.29 is 0 Å². The third kappa shape index (κ3) is 3.60. The van der Waals surface area contributed by atoms with Gasteiger partial charge < -0.3 is 11.1 Å². The zero-order chi connectivity index (χ0) is 14.0. The fourth-order valence-electron chi connectivity index (χ4n) is 1.56. The number of benzene rings is 2. The minimum atomic E-state index is 0.308. The molecule has 6 heteroatoms. The van der Waals surface area contributed by atoms with Crippen LogP contribution < -0.4 is 11.1 Å². The van der Waals surface area contributed by atoms with Gasteiger partial charge in [0.25, 0.3) is 0 Å². The Labute approximate surface area is 135 Å². The predicted molar refractivity (Wildman–Crippen MR) is 89.8 cm³/mol. The van der Waals surface area contributed by atoms with Crippen LogP contribution in [0.3, 0.4) is 0 Å². The van der Waals surface area contributed by atoms with Gasteiger partial charge in [0.15, 0.2) is 0 Å². The van der Waals surface area contributed by atoms with Crippen LogP contribution >= 0.6 is 51.3 Å². The molecule has 0 saturated heterocycles. The van der Waals surface area contributed by atoms with E-state index in [1.54, 1.807) is 24.3 Å². The van der Waals surface area contributed by atoms with E-state index < -0.39 is 0 Å². The largest absolute Gasteiger partial charge is 0.389 e. The third-order valence-electron chi connectivity index (χ3n) is 2.45. The Kier molecular flexibility index (Phi) is 4.68. The van der Waals surface area contributed by atoms with Crippen LogP contribution in [0.25, 0.3) is 0 Å². The normalized spacial score (nSPS) is 10.3. The summed E-state index contributed by atoms with van der Waals surface area (Å²) in [7, 11) is 0. The molecule has 0 amide bonds. The lowest BCUT2D eigenvalue weighted by molar-refractivity contribution is 1.51. The summed E-state index contributed by atoms with van der Waals surface area (Å²) in [5.74, 6) is 0. The van der Waals surface area contributed by atoms with Gasteiger partial charge in [0.05, 0.1) is 10.7 Å². The molecule has 0 aliphatic carbocycles. The molecule has 0 aromatic heterocycles. The Bertz CT molecular complexity index is 647. The summed E-state index contributed by atoms with van der Waals surface area (Å²) in [6.07, 6.45) is 0. The zero-order valence-electron chi connectivity index (χ0n) is 9.58. The van der Waals surface area contributed by atoms with Gasteiger partial charge in [0.1, 0.15) is 4.99 Å². The quantitative estimate of drug-likeness (QED) is 0.730. The lowest BCUT2D eigenvalue weighted by Gasteiger charge is -2.12. The molecule has 0 spiro atoms. The number of hydrogen-bond acceptors (Lipinski definition) is 2. The summed E-state index contributed by atoms with van der Waals surface area (Å²) in [5, 5.41) is 4.42. The third-order valence-corrected chi connectivity index (χ3v) is 4.13. The second-order valence-corrected chi connectivity index (χ2v) is 5.95. The highest BCUT2D eigenvalue weighted by Gasteiger charge is 2.07. The Hall–Kier alpha value is -0.810. The molecule has 0 bridgehead atoms. The molecule has 0 unspecified atom stereocenters. The Morgan fingerprint density at radius 1 is 1.16 bits per heavy atom. The van der Waals surface area contributed by atoms with Crippen molar-refractivity contribution in [2.24, 2.45) is 5.73 Å². The molecule has 0 aliphatic heterocycles. The number of rotatable bonds is 3. The van der Waals surface area contributed by atoms with Crippen LogP contribution in [0.2, 0.25) is 10.0 Å². The van der Waals surface area contributed by atoms with Crippen molar-refractivity contribution in [3.8, 4) is 0 Å². The van der Waals surface area contributed by atoms with Crippen LogP contribution in [0.4, 0.5) is 11.4 Å². The molecule has 2 nitrogen and oxygen atoms in total. The van der Waals surface area contributed by atoms with Gasteiger partial charge in [-0.25, -0.2) is 0 Å².